The van der Waals surface area contributed by atoms with Gasteiger partial charge in [0, 0.05) is 23.9 Å². The Balaban J connectivity index is 1.79. The lowest BCUT2D eigenvalue weighted by Crippen LogP contribution is -2.32. The molecule has 0 saturated heterocycles. The van der Waals surface area contributed by atoms with Gasteiger partial charge in [0.1, 0.15) is 0 Å². The molecule has 3 rings (SSSR count). The van der Waals surface area contributed by atoms with Gasteiger partial charge >= 0.3 is 0 Å². The minimum absolute atomic E-state index is 0.111. The van der Waals surface area contributed by atoms with E-state index in [4.69, 9.17) is 0 Å². The van der Waals surface area contributed by atoms with Gasteiger partial charge in [0.15, 0.2) is 5.13 Å². The van der Waals surface area contributed by atoms with Crippen molar-refractivity contribution in [2.45, 2.75) is 19.8 Å². The molecule has 0 aliphatic rings. The second-order valence-electron chi connectivity index (χ2n) is 5.52. The Labute approximate surface area is 146 Å². The molecule has 122 valence electrons. The van der Waals surface area contributed by atoms with Crippen LogP contribution < -0.4 is 4.90 Å². The Hall–Kier alpha value is -2.46. The number of thiazole rings is 1. The second kappa shape index (κ2) is 7.88. The molecule has 0 atom stereocenters. The van der Waals surface area contributed by atoms with Crippen molar-refractivity contribution in [3.63, 3.8) is 0 Å². The van der Waals surface area contributed by atoms with Crippen molar-refractivity contribution >= 4 is 22.4 Å². The smallest absolute Gasteiger partial charge is 0.228 e. The first-order chi connectivity index (χ1) is 11.8. The van der Waals surface area contributed by atoms with E-state index in [0.29, 0.717) is 13.0 Å². The number of amides is 1. The van der Waals surface area contributed by atoms with Gasteiger partial charge < -0.3 is 0 Å². The lowest BCUT2D eigenvalue weighted by Gasteiger charge is -2.19. The summed E-state index contributed by atoms with van der Waals surface area (Å²) in [5.74, 6) is 0.111. The van der Waals surface area contributed by atoms with Gasteiger partial charge in [0.2, 0.25) is 5.91 Å². The number of hydrogen-bond donors (Lipinski definition) is 0. The van der Waals surface area contributed by atoms with Crippen molar-refractivity contribution in [1.29, 1.82) is 0 Å². The van der Waals surface area contributed by atoms with Gasteiger partial charge in [-0.1, -0.05) is 67.6 Å². The number of benzene rings is 2. The summed E-state index contributed by atoms with van der Waals surface area (Å²) in [7, 11) is 0. The van der Waals surface area contributed by atoms with Gasteiger partial charge in [-0.2, -0.15) is 0 Å². The molecule has 3 aromatic rings. The number of aromatic nitrogens is 1. The molecule has 3 nitrogen and oxygen atoms in total. The molecule has 24 heavy (non-hydrogen) atoms. The van der Waals surface area contributed by atoms with E-state index >= 15 is 0 Å². The van der Waals surface area contributed by atoms with E-state index < -0.39 is 0 Å². The van der Waals surface area contributed by atoms with Gasteiger partial charge in [0.05, 0.1) is 5.69 Å². The third-order valence-corrected chi connectivity index (χ3v) is 4.73. The van der Waals surface area contributed by atoms with Crippen LogP contribution in [0.2, 0.25) is 0 Å². The highest BCUT2D eigenvalue weighted by Gasteiger charge is 2.18. The maximum Gasteiger partial charge on any atom is 0.228 e. The molecule has 1 aromatic heterocycles. The fourth-order valence-corrected chi connectivity index (χ4v) is 3.41. The standard InChI is InChI=1S/C20H20N2OS/c1-2-19(23)22(14-13-16-9-5-3-6-10-16)20-21-18(15-24-20)17-11-7-4-8-12-17/h3-12,15H,2,13-14H2,1H3. The van der Waals surface area contributed by atoms with Gasteiger partial charge in [-0.3, -0.25) is 9.69 Å². The van der Waals surface area contributed by atoms with E-state index in [0.717, 1.165) is 22.8 Å². The molecular weight excluding hydrogens is 316 g/mol. The van der Waals surface area contributed by atoms with Gasteiger partial charge in [-0.05, 0) is 12.0 Å². The van der Waals surface area contributed by atoms with Gasteiger partial charge in [-0.25, -0.2) is 4.98 Å². The molecule has 0 N–H and O–H groups in total. The Bertz CT molecular complexity index is 784. The molecule has 0 saturated carbocycles. The first-order valence-electron chi connectivity index (χ1n) is 8.13. The minimum Gasteiger partial charge on any atom is -0.288 e. The molecule has 0 spiro atoms. The topological polar surface area (TPSA) is 33.2 Å². The molecule has 0 fully saturated rings. The summed E-state index contributed by atoms with van der Waals surface area (Å²) >= 11 is 1.53. The average molecular weight is 336 g/mol. The highest BCUT2D eigenvalue weighted by molar-refractivity contribution is 7.14. The summed E-state index contributed by atoms with van der Waals surface area (Å²) in [6.45, 7) is 2.54. The summed E-state index contributed by atoms with van der Waals surface area (Å²) in [6.07, 6.45) is 1.31. The minimum atomic E-state index is 0.111. The van der Waals surface area contributed by atoms with Crippen molar-refractivity contribution in [2.24, 2.45) is 0 Å². The lowest BCUT2D eigenvalue weighted by molar-refractivity contribution is -0.118. The normalized spacial score (nSPS) is 10.5. The van der Waals surface area contributed by atoms with E-state index in [-0.39, 0.29) is 5.91 Å². The highest BCUT2D eigenvalue weighted by atomic mass is 32.1. The Morgan fingerprint density at radius 2 is 1.71 bits per heavy atom. The Kier molecular flexibility index (Phi) is 5.39. The molecule has 0 aliphatic heterocycles. The predicted octanol–water partition coefficient (Wildman–Crippen LogP) is 4.80. The largest absolute Gasteiger partial charge is 0.288 e. The van der Waals surface area contributed by atoms with Crippen molar-refractivity contribution in [3.05, 3.63) is 71.6 Å². The molecule has 4 heteroatoms. The summed E-state index contributed by atoms with van der Waals surface area (Å²) in [4.78, 5) is 18.9. The van der Waals surface area contributed by atoms with E-state index in [1.165, 1.54) is 16.9 Å². The first-order valence-corrected chi connectivity index (χ1v) is 9.01. The quantitative estimate of drug-likeness (QED) is 0.648. The predicted molar refractivity (Wildman–Crippen MR) is 100 cm³/mol. The average Bonchev–Trinajstić information content (AvgIpc) is 3.13. The van der Waals surface area contributed by atoms with Crippen molar-refractivity contribution in [2.75, 3.05) is 11.4 Å². The highest BCUT2D eigenvalue weighted by Crippen LogP contribution is 2.28. The number of anilines is 1. The zero-order valence-electron chi connectivity index (χ0n) is 13.7. The van der Waals surface area contributed by atoms with Crippen molar-refractivity contribution in [3.8, 4) is 11.3 Å². The van der Waals surface area contributed by atoms with Crippen LogP contribution in [0.5, 0.6) is 0 Å². The molecule has 0 bridgehead atoms. The van der Waals surface area contributed by atoms with E-state index in [9.17, 15) is 4.79 Å². The monoisotopic (exact) mass is 336 g/mol. The molecule has 2 aromatic carbocycles. The van der Waals surface area contributed by atoms with Crippen molar-refractivity contribution in [1.82, 2.24) is 4.98 Å². The van der Waals surface area contributed by atoms with Gasteiger partial charge in [0.25, 0.3) is 0 Å². The lowest BCUT2D eigenvalue weighted by atomic mass is 10.1. The maximum atomic E-state index is 12.4. The zero-order valence-corrected chi connectivity index (χ0v) is 14.5. The van der Waals surface area contributed by atoms with Crippen molar-refractivity contribution < 1.29 is 4.79 Å². The van der Waals surface area contributed by atoms with Crippen LogP contribution in [0.1, 0.15) is 18.9 Å². The first kappa shape index (κ1) is 16.4. The van der Waals surface area contributed by atoms with E-state index in [2.05, 4.69) is 17.1 Å². The molecule has 0 unspecified atom stereocenters. The van der Waals surface area contributed by atoms with Crippen LogP contribution in [0.3, 0.4) is 0 Å². The summed E-state index contributed by atoms with van der Waals surface area (Å²) in [6, 6.07) is 20.3. The fraction of sp³-hybridized carbons (Fsp3) is 0.200. The summed E-state index contributed by atoms with van der Waals surface area (Å²) in [5, 5.41) is 2.79. The molecule has 1 amide bonds. The van der Waals surface area contributed by atoms with Crippen LogP contribution in [-0.2, 0) is 11.2 Å². The Morgan fingerprint density at radius 3 is 2.38 bits per heavy atom. The Morgan fingerprint density at radius 1 is 1.04 bits per heavy atom. The SMILES string of the molecule is CCC(=O)N(CCc1ccccc1)c1nc(-c2ccccc2)cs1. The number of nitrogens with zero attached hydrogens (tertiary/aromatic N) is 2. The molecule has 1 heterocycles. The van der Waals surface area contributed by atoms with Gasteiger partial charge in [-0.15, -0.1) is 11.3 Å². The molecular formula is C20H20N2OS. The van der Waals surface area contributed by atoms with E-state index in [1.807, 2.05) is 65.7 Å². The van der Waals surface area contributed by atoms with Crippen LogP contribution in [0, 0.1) is 0 Å². The second-order valence-corrected chi connectivity index (χ2v) is 6.35. The molecule has 0 radical (unpaired) electrons. The zero-order chi connectivity index (χ0) is 16.8. The van der Waals surface area contributed by atoms with Crippen LogP contribution in [-0.4, -0.2) is 17.4 Å². The maximum absolute atomic E-state index is 12.4. The third kappa shape index (κ3) is 3.89. The molecule has 0 aliphatic carbocycles. The number of hydrogen-bond acceptors (Lipinski definition) is 3. The summed E-state index contributed by atoms with van der Waals surface area (Å²) < 4.78 is 0. The number of rotatable bonds is 6. The number of carbonyl (C=O) groups excluding carboxylic acids is 1. The van der Waals surface area contributed by atoms with Crippen LogP contribution in [0.15, 0.2) is 66.0 Å². The fourth-order valence-electron chi connectivity index (χ4n) is 2.53. The third-order valence-electron chi connectivity index (χ3n) is 3.86. The van der Waals surface area contributed by atoms with E-state index in [1.54, 1.807) is 0 Å². The van der Waals surface area contributed by atoms with Crippen LogP contribution in [0.4, 0.5) is 5.13 Å². The van der Waals surface area contributed by atoms with Crippen LogP contribution >= 0.6 is 11.3 Å². The number of carbonyl (C=O) groups is 1. The van der Waals surface area contributed by atoms with Crippen LogP contribution in [0.25, 0.3) is 11.3 Å². The summed E-state index contributed by atoms with van der Waals surface area (Å²) in [5.41, 5.74) is 3.22.